The second kappa shape index (κ2) is 11.9. The molecule has 0 radical (unpaired) electrons. The highest BCUT2D eigenvalue weighted by Crippen LogP contribution is 2.28. The molecule has 0 aromatic heterocycles. The largest absolute Gasteiger partial charge is 0.493 e. The van der Waals surface area contributed by atoms with E-state index in [4.69, 9.17) is 14.2 Å². The lowest BCUT2D eigenvalue weighted by molar-refractivity contribution is -0.919. The zero-order chi connectivity index (χ0) is 17.7. The van der Waals surface area contributed by atoms with Crippen LogP contribution >= 0.6 is 0 Å². The monoisotopic (exact) mass is 350 g/mol. The van der Waals surface area contributed by atoms with Crippen molar-refractivity contribution in [2.24, 2.45) is 0 Å². The van der Waals surface area contributed by atoms with Gasteiger partial charge >= 0.3 is 0 Å². The van der Waals surface area contributed by atoms with Crippen LogP contribution in [0.2, 0.25) is 0 Å². The van der Waals surface area contributed by atoms with Gasteiger partial charge in [0.2, 0.25) is 0 Å². The summed E-state index contributed by atoms with van der Waals surface area (Å²) in [7, 11) is 1.69. The Labute approximate surface area is 151 Å². The zero-order valence-electron chi connectivity index (χ0n) is 15.8. The van der Waals surface area contributed by atoms with E-state index in [1.807, 2.05) is 25.1 Å². The number of allylic oxidation sites excluding steroid dienone is 1. The third-order valence-corrected chi connectivity index (χ3v) is 4.51. The molecule has 0 unspecified atom stereocenters. The van der Waals surface area contributed by atoms with Gasteiger partial charge in [-0.05, 0) is 37.5 Å². The Morgan fingerprint density at radius 2 is 2.00 bits per heavy atom. The maximum atomic E-state index is 5.88. The molecule has 0 spiro atoms. The normalized spacial score (nSPS) is 15.6. The molecule has 0 amide bonds. The summed E-state index contributed by atoms with van der Waals surface area (Å²) in [5.74, 6) is 1.63. The fraction of sp³-hybridized carbons (Fsp3) is 0.600. The minimum atomic E-state index is 0.738. The van der Waals surface area contributed by atoms with Crippen LogP contribution in [-0.4, -0.2) is 59.7 Å². The number of benzene rings is 1. The SMILES string of the molecule is C/C=C/c1ccc(OCCCC[NH2+]CC[NH+]2CCOCC2)c(OC)c1. The summed E-state index contributed by atoms with van der Waals surface area (Å²) in [5, 5.41) is 2.43. The molecule has 1 saturated heterocycles. The number of hydrogen-bond donors (Lipinski definition) is 2. The fourth-order valence-corrected chi connectivity index (χ4v) is 3.03. The van der Waals surface area contributed by atoms with Crippen LogP contribution in [0.4, 0.5) is 0 Å². The quantitative estimate of drug-likeness (QED) is 0.567. The second-order valence-corrected chi connectivity index (χ2v) is 6.44. The average Bonchev–Trinajstić information content (AvgIpc) is 2.65. The molecule has 1 aliphatic rings. The molecule has 0 bridgehead atoms. The Balaban J connectivity index is 1.55. The topological polar surface area (TPSA) is 48.7 Å². The van der Waals surface area contributed by atoms with Crippen molar-refractivity contribution in [3.05, 3.63) is 29.8 Å². The lowest BCUT2D eigenvalue weighted by Gasteiger charge is -2.22. The minimum Gasteiger partial charge on any atom is -0.493 e. The Kier molecular flexibility index (Phi) is 9.41. The first-order chi connectivity index (χ1) is 12.3. The molecule has 5 heteroatoms. The Bertz CT molecular complexity index is 514. The van der Waals surface area contributed by atoms with Crippen molar-refractivity contribution in [1.29, 1.82) is 0 Å². The summed E-state index contributed by atoms with van der Waals surface area (Å²) in [5.41, 5.74) is 1.13. The number of hydrogen-bond acceptors (Lipinski definition) is 3. The van der Waals surface area contributed by atoms with E-state index in [0.29, 0.717) is 0 Å². The molecule has 3 N–H and O–H groups in total. The molecule has 25 heavy (non-hydrogen) atoms. The summed E-state index contributed by atoms with van der Waals surface area (Å²) in [6.07, 6.45) is 6.32. The van der Waals surface area contributed by atoms with Crippen molar-refractivity contribution >= 4 is 6.08 Å². The van der Waals surface area contributed by atoms with Crippen molar-refractivity contribution in [2.45, 2.75) is 19.8 Å². The molecule has 1 heterocycles. The third-order valence-electron chi connectivity index (χ3n) is 4.51. The molecule has 1 aromatic rings. The summed E-state index contributed by atoms with van der Waals surface area (Å²) in [4.78, 5) is 1.68. The average molecular weight is 351 g/mol. The summed E-state index contributed by atoms with van der Waals surface area (Å²) in [6, 6.07) is 6.06. The lowest BCUT2D eigenvalue weighted by atomic mass is 10.2. The molecule has 0 saturated carbocycles. The summed E-state index contributed by atoms with van der Waals surface area (Å²) < 4.78 is 16.7. The van der Waals surface area contributed by atoms with Gasteiger partial charge in [0.1, 0.15) is 26.2 Å². The van der Waals surface area contributed by atoms with E-state index in [-0.39, 0.29) is 0 Å². The fourth-order valence-electron chi connectivity index (χ4n) is 3.03. The lowest BCUT2D eigenvalue weighted by Crippen LogP contribution is -3.16. The van der Waals surface area contributed by atoms with Crippen LogP contribution in [0.5, 0.6) is 11.5 Å². The molecular weight excluding hydrogens is 316 g/mol. The first-order valence-electron chi connectivity index (χ1n) is 9.50. The number of unbranched alkanes of at least 4 members (excludes halogenated alkanes) is 1. The van der Waals surface area contributed by atoms with Gasteiger partial charge in [0, 0.05) is 0 Å². The Morgan fingerprint density at radius 1 is 1.16 bits per heavy atom. The summed E-state index contributed by atoms with van der Waals surface area (Å²) >= 11 is 0. The van der Waals surface area contributed by atoms with E-state index < -0.39 is 0 Å². The standard InChI is InChI=1S/C20H32N2O3/c1-3-6-18-7-8-19(20(17-18)23-2)25-14-5-4-9-21-10-11-22-12-15-24-16-13-22/h3,6-8,17,21H,4-5,9-16H2,1-2H3/p+2/b6-3+. The maximum Gasteiger partial charge on any atom is 0.161 e. The predicted octanol–water partition coefficient (Wildman–Crippen LogP) is 0.366. The maximum absolute atomic E-state index is 5.88. The van der Waals surface area contributed by atoms with Gasteiger partial charge in [-0.3, -0.25) is 0 Å². The van der Waals surface area contributed by atoms with Crippen LogP contribution in [0.25, 0.3) is 6.08 Å². The van der Waals surface area contributed by atoms with Gasteiger partial charge in [0.15, 0.2) is 11.5 Å². The number of quaternary nitrogens is 2. The van der Waals surface area contributed by atoms with Gasteiger partial charge < -0.3 is 24.4 Å². The molecule has 5 nitrogen and oxygen atoms in total. The van der Waals surface area contributed by atoms with E-state index in [1.54, 1.807) is 12.0 Å². The van der Waals surface area contributed by atoms with Crippen molar-refractivity contribution < 1.29 is 24.4 Å². The second-order valence-electron chi connectivity index (χ2n) is 6.44. The van der Waals surface area contributed by atoms with Gasteiger partial charge in [0.05, 0.1) is 33.5 Å². The van der Waals surface area contributed by atoms with E-state index in [1.165, 1.54) is 26.1 Å². The zero-order valence-corrected chi connectivity index (χ0v) is 15.8. The van der Waals surface area contributed by atoms with Gasteiger partial charge in [0.25, 0.3) is 0 Å². The molecule has 1 aliphatic heterocycles. The Morgan fingerprint density at radius 3 is 2.76 bits per heavy atom. The number of methoxy groups -OCH3 is 1. The predicted molar refractivity (Wildman–Crippen MR) is 100 cm³/mol. The van der Waals surface area contributed by atoms with Crippen LogP contribution < -0.4 is 19.7 Å². The van der Waals surface area contributed by atoms with Crippen LogP contribution in [0.3, 0.4) is 0 Å². The number of nitrogens with two attached hydrogens (primary N) is 1. The van der Waals surface area contributed by atoms with Crippen molar-refractivity contribution in [1.82, 2.24) is 0 Å². The van der Waals surface area contributed by atoms with E-state index in [2.05, 4.69) is 17.5 Å². The van der Waals surface area contributed by atoms with Crippen molar-refractivity contribution in [3.8, 4) is 11.5 Å². The molecule has 1 aromatic carbocycles. The first kappa shape index (κ1) is 19.8. The van der Waals surface area contributed by atoms with Crippen molar-refractivity contribution in [2.75, 3.05) is 59.7 Å². The van der Waals surface area contributed by atoms with Gasteiger partial charge in [-0.2, -0.15) is 0 Å². The van der Waals surface area contributed by atoms with Crippen LogP contribution in [0, 0.1) is 0 Å². The minimum absolute atomic E-state index is 0.738. The first-order valence-corrected chi connectivity index (χ1v) is 9.50. The smallest absolute Gasteiger partial charge is 0.161 e. The molecule has 0 atom stereocenters. The van der Waals surface area contributed by atoms with E-state index in [0.717, 1.165) is 56.4 Å². The van der Waals surface area contributed by atoms with Gasteiger partial charge in [-0.25, -0.2) is 0 Å². The van der Waals surface area contributed by atoms with Crippen LogP contribution in [0.1, 0.15) is 25.3 Å². The number of rotatable bonds is 11. The highest BCUT2D eigenvalue weighted by atomic mass is 16.5. The molecule has 140 valence electrons. The molecule has 1 fully saturated rings. The molecule has 0 aliphatic carbocycles. The Hall–Kier alpha value is -1.56. The van der Waals surface area contributed by atoms with Gasteiger partial charge in [-0.15, -0.1) is 0 Å². The van der Waals surface area contributed by atoms with E-state index >= 15 is 0 Å². The van der Waals surface area contributed by atoms with Crippen LogP contribution in [0.15, 0.2) is 24.3 Å². The molecular formula is C20H34N2O3+2. The number of nitrogens with one attached hydrogen (secondary N) is 1. The highest BCUT2D eigenvalue weighted by Gasteiger charge is 2.13. The number of ether oxygens (including phenoxy) is 3. The highest BCUT2D eigenvalue weighted by molar-refractivity contribution is 5.55. The van der Waals surface area contributed by atoms with E-state index in [9.17, 15) is 0 Å². The third kappa shape index (κ3) is 7.46. The molecule has 2 rings (SSSR count). The van der Waals surface area contributed by atoms with Gasteiger partial charge in [-0.1, -0.05) is 18.2 Å². The van der Waals surface area contributed by atoms with Crippen molar-refractivity contribution in [3.63, 3.8) is 0 Å². The van der Waals surface area contributed by atoms with Crippen LogP contribution in [-0.2, 0) is 4.74 Å². The number of morpholine rings is 1. The summed E-state index contributed by atoms with van der Waals surface area (Å²) in [6.45, 7) is 10.5.